The first-order valence-corrected chi connectivity index (χ1v) is 28.2. The molecule has 8 heterocycles. The third-order valence-electron chi connectivity index (χ3n) is 10.3. The van der Waals surface area contributed by atoms with Crippen molar-refractivity contribution in [3.05, 3.63) is 126 Å². The number of pyridine rings is 4. The maximum atomic E-state index is 11.7. The molecule has 0 radical (unpaired) electrons. The van der Waals surface area contributed by atoms with E-state index in [1.165, 1.54) is 108 Å². The third kappa shape index (κ3) is 18.0. The quantitative estimate of drug-likeness (QED) is 0.0158. The number of aromatic carboxylic acids is 1. The maximum Gasteiger partial charge on any atom is 2.00 e. The second-order valence-corrected chi connectivity index (χ2v) is 22.6. The van der Waals surface area contributed by atoms with Gasteiger partial charge in [-0.25, -0.2) is 9.97 Å². The van der Waals surface area contributed by atoms with Crippen LogP contribution in [-0.2, 0) is 24.3 Å². The van der Waals surface area contributed by atoms with Crippen molar-refractivity contribution < 1.29 is 68.5 Å². The van der Waals surface area contributed by atoms with Crippen molar-refractivity contribution in [2.45, 2.75) is 73.6 Å². The Morgan fingerprint density at radius 1 is 0.597 bits per heavy atom. The van der Waals surface area contributed by atoms with Gasteiger partial charge in [0.1, 0.15) is 5.75 Å². The second kappa shape index (κ2) is 32.5. The Hall–Kier alpha value is -3.74. The molecule has 364 valence electrons. The Bertz CT molecular complexity index is 3060. The summed E-state index contributed by atoms with van der Waals surface area (Å²) in [6.45, 7) is 4.83. The molecule has 0 aliphatic heterocycles. The minimum absolute atomic E-state index is 0. The monoisotopic (exact) mass is 1200 g/mol. The van der Waals surface area contributed by atoms with Crippen LogP contribution in [0.15, 0.2) is 118 Å². The van der Waals surface area contributed by atoms with E-state index in [0.717, 1.165) is 32.4 Å². The average Bonchev–Trinajstić information content (AvgIpc) is 4.23. The van der Waals surface area contributed by atoms with Crippen LogP contribution in [0.25, 0.3) is 85.4 Å². The summed E-state index contributed by atoms with van der Waals surface area (Å²) in [6, 6.07) is 31.6. The molecular weight excluding hydrogens is 1150 g/mol. The Morgan fingerprint density at radius 2 is 1.01 bits per heavy atom. The zero-order chi connectivity index (χ0) is 49.7. The van der Waals surface area contributed by atoms with Crippen molar-refractivity contribution in [3.8, 4) is 80.3 Å². The molecule has 8 rings (SSSR count). The van der Waals surface area contributed by atoms with E-state index < -0.39 is 5.97 Å². The van der Waals surface area contributed by atoms with E-state index in [0.29, 0.717) is 34.9 Å². The molecule has 0 saturated heterocycles. The number of aromatic nitrogens is 4. The third-order valence-corrected chi connectivity index (χ3v) is 17.7. The molecule has 20 heteroatoms. The molecule has 0 N–H and O–H groups in total. The van der Waals surface area contributed by atoms with E-state index >= 15 is 0 Å². The van der Waals surface area contributed by atoms with Gasteiger partial charge in [0.15, 0.2) is 0 Å². The summed E-state index contributed by atoms with van der Waals surface area (Å²) in [6.07, 6.45) is 13.3. The van der Waals surface area contributed by atoms with Crippen LogP contribution >= 0.6 is 93.3 Å². The van der Waals surface area contributed by atoms with E-state index in [2.05, 4.69) is 104 Å². The molecule has 0 atom stereocenters. The molecule has 0 aliphatic rings. The molecule has 0 fully saturated rings. The van der Waals surface area contributed by atoms with Gasteiger partial charge in [-0.3, -0.25) is 14.8 Å². The minimum Gasteiger partial charge on any atom is -0.753 e. The number of ether oxygens (including phenoxy) is 1. The van der Waals surface area contributed by atoms with Gasteiger partial charge in [0, 0.05) is 59.4 Å². The van der Waals surface area contributed by atoms with Crippen LogP contribution in [-0.4, -0.2) is 54.2 Å². The van der Waals surface area contributed by atoms with Crippen LogP contribution in [0.4, 0.5) is 0 Å². The van der Waals surface area contributed by atoms with Gasteiger partial charge in [-0.05, 0) is 120 Å². The summed E-state index contributed by atoms with van der Waals surface area (Å²) in [7, 11) is 0. The molecule has 72 heavy (non-hydrogen) atoms. The van der Waals surface area contributed by atoms with E-state index in [-0.39, 0.29) is 66.0 Å². The Morgan fingerprint density at radius 3 is 1.53 bits per heavy atom. The first-order chi connectivity index (χ1) is 34.2. The van der Waals surface area contributed by atoms with Crippen molar-refractivity contribution in [1.82, 2.24) is 19.9 Å². The second-order valence-electron chi connectivity index (χ2n) is 15.1. The Kier molecular flexibility index (Phi) is 27.5. The molecule has 8 aromatic heterocycles. The van der Waals surface area contributed by atoms with Crippen molar-refractivity contribution in [2.75, 3.05) is 11.5 Å². The van der Waals surface area contributed by atoms with Gasteiger partial charge in [-0.2, -0.15) is 10.3 Å². The predicted octanol–water partition coefficient (Wildman–Crippen LogP) is 12.7. The number of carboxylic acid groups (broad SMARTS) is 1. The van der Waals surface area contributed by atoms with Gasteiger partial charge in [-0.15, -0.1) is 68.9 Å². The van der Waals surface area contributed by atoms with Crippen LogP contribution in [0.5, 0.6) is 5.75 Å². The number of carbonyl (C=O) groups excluding carboxylic acids is 2. The summed E-state index contributed by atoms with van der Waals surface area (Å²) >= 11 is 18.4. The zero-order valence-corrected chi connectivity index (χ0v) is 49.7. The molecule has 0 amide bonds. The van der Waals surface area contributed by atoms with E-state index in [1.54, 1.807) is 34.8 Å². The number of carboxylic acids is 1. The molecule has 0 unspecified atom stereocenters. The molecule has 0 bridgehead atoms. The number of isothiocyanates is 2. The molecule has 0 aromatic carbocycles. The van der Waals surface area contributed by atoms with Crippen molar-refractivity contribution in [2.24, 2.45) is 0 Å². The number of rotatable bonds is 22. The standard InChI is InChI=1S/C50H46N4O4S6.2CNS.Na.Ru/c1-3-5-7-9-23-59-48-17-15-46(63-48)44-13-11-42(61-44)32-19-21-51-36(25-32)38-27-34(43-12-14-45(62-43)47-16-18-49(64-47)60-24-10-8-6-4-2)28-39(53-38)41-30-35(58-31-55)29-40(54-41)37-26-33(50(56)57)20-22-52-37;2*2-1-3;;/h11-22,25-31H,3-10,23-24H2,1-2H3,(H,56,57);;;;/q;2*-1;+1;+2/p-1. The largest absolute Gasteiger partial charge is 2.00 e. The number of carbonyl (C=O) groups is 2. The number of thiophene rings is 4. The first kappa shape index (κ1) is 60.8. The van der Waals surface area contributed by atoms with E-state index in [9.17, 15) is 14.7 Å². The first-order valence-electron chi connectivity index (χ1n) is 22.2. The fourth-order valence-corrected chi connectivity index (χ4v) is 13.6. The van der Waals surface area contributed by atoms with Crippen molar-refractivity contribution in [1.29, 1.82) is 0 Å². The van der Waals surface area contributed by atoms with Gasteiger partial charge in [0.25, 0.3) is 6.47 Å². The van der Waals surface area contributed by atoms with Crippen molar-refractivity contribution in [3.63, 3.8) is 0 Å². The normalized spacial score (nSPS) is 10.2. The van der Waals surface area contributed by atoms with Gasteiger partial charge in [0.2, 0.25) is 0 Å². The molecular formula is C52H45N6NaO4RuS8. The molecule has 0 spiro atoms. The number of thiocarbonyl (C=S) groups is 2. The minimum atomic E-state index is -1.34. The number of hydrogen-bond acceptors (Lipinski definition) is 16. The molecule has 8 aromatic rings. The van der Waals surface area contributed by atoms with Crippen LogP contribution < -0.4 is 39.4 Å². The SMILES string of the molecule is CCCCCCSc1ccc(-c2ccc(-c3ccnc(-c4cc(-c5ccc(-c6ccc(SCCCCCC)s6)s5)cc(-c5cc(OC=O)cc(-c6cc(C(=O)[O-])ccn6)n5)n4)c3)s2)s1.[N-]=C=S.[N-]=C=S.[Na+].[Ru+2]. The number of thioether (sulfide) groups is 2. The summed E-state index contributed by atoms with van der Waals surface area (Å²) in [5, 5.41) is 28.7. The number of unbranched alkanes of at least 4 members (excludes halogenated alkanes) is 6. The van der Waals surface area contributed by atoms with Gasteiger partial charge < -0.3 is 25.5 Å². The van der Waals surface area contributed by atoms with Crippen molar-refractivity contribution >= 4 is 116 Å². The Balaban J connectivity index is 0.00000134. The maximum absolute atomic E-state index is 11.7. The van der Waals surface area contributed by atoms with E-state index in [4.69, 9.17) is 30.5 Å². The predicted molar refractivity (Wildman–Crippen MR) is 300 cm³/mol. The zero-order valence-electron chi connectivity index (χ0n) is 39.5. The number of nitrogens with zero attached hydrogens (tertiary/aromatic N) is 6. The van der Waals surface area contributed by atoms with Crippen LogP contribution in [0.3, 0.4) is 0 Å². The average molecular weight is 1200 g/mol. The van der Waals surface area contributed by atoms with Crippen LogP contribution in [0, 0.1) is 0 Å². The summed E-state index contributed by atoms with van der Waals surface area (Å²) in [5.41, 5.74) is 4.73. The summed E-state index contributed by atoms with van der Waals surface area (Å²) < 4.78 is 8.03. The fraction of sp³-hybridized carbons (Fsp3) is 0.231. The van der Waals surface area contributed by atoms with Gasteiger partial charge in [-0.1, -0.05) is 76.8 Å². The van der Waals surface area contributed by atoms with E-state index in [1.807, 2.05) is 64.5 Å². The smallest absolute Gasteiger partial charge is 0.753 e. The molecule has 0 aliphatic carbocycles. The Labute approximate surface area is 490 Å². The van der Waals surface area contributed by atoms with Crippen LogP contribution in [0.2, 0.25) is 0 Å². The van der Waals surface area contributed by atoms with Crippen LogP contribution in [0.1, 0.15) is 75.6 Å². The molecule has 0 saturated carbocycles. The topological polar surface area (TPSA) is 163 Å². The number of hydrogen-bond donors (Lipinski definition) is 0. The van der Waals surface area contributed by atoms with Gasteiger partial charge >= 0.3 is 49.0 Å². The fourth-order valence-electron chi connectivity index (χ4n) is 6.96. The van der Waals surface area contributed by atoms with Gasteiger partial charge in [0.05, 0.1) is 48.6 Å². The summed E-state index contributed by atoms with van der Waals surface area (Å²) in [4.78, 5) is 49.7. The summed E-state index contributed by atoms with van der Waals surface area (Å²) in [5.74, 6) is 1.15. The molecule has 10 nitrogen and oxygen atoms in total.